The van der Waals surface area contributed by atoms with Gasteiger partial charge in [0.1, 0.15) is 36.3 Å². The molecular formula is C65H95N21O8. The number of unbranched alkanes of at least 4 members (excludes halogenated alkanes) is 5. The van der Waals surface area contributed by atoms with Crippen LogP contribution in [0.25, 0.3) is 32.7 Å². The summed E-state index contributed by atoms with van der Waals surface area (Å²) in [5, 5.41) is 22.1. The van der Waals surface area contributed by atoms with Gasteiger partial charge in [0.25, 0.3) is 0 Å². The number of carbonyl (C=O) groups is 8. The number of aromatic nitrogens is 3. The van der Waals surface area contributed by atoms with Crippen molar-refractivity contribution in [2.24, 2.45) is 60.8 Å². The minimum absolute atomic E-state index is 0.0358. The third kappa shape index (κ3) is 23.8. The van der Waals surface area contributed by atoms with Crippen LogP contribution in [0.2, 0.25) is 0 Å². The van der Waals surface area contributed by atoms with Crippen molar-refractivity contribution in [3.05, 3.63) is 108 Å². The highest BCUT2D eigenvalue weighted by Crippen LogP contribution is 2.23. The van der Waals surface area contributed by atoms with E-state index in [4.69, 9.17) is 45.9 Å². The van der Waals surface area contributed by atoms with Crippen molar-refractivity contribution in [1.82, 2.24) is 52.2 Å². The summed E-state index contributed by atoms with van der Waals surface area (Å²) in [6, 6.07) is 12.9. The van der Waals surface area contributed by atoms with Crippen LogP contribution in [0.15, 0.2) is 106 Å². The first-order chi connectivity index (χ1) is 45.2. The Labute approximate surface area is 546 Å². The summed E-state index contributed by atoms with van der Waals surface area (Å²) >= 11 is 0. The molecule has 6 aromatic rings. The molecule has 29 nitrogen and oxygen atoms in total. The van der Waals surface area contributed by atoms with Crippen molar-refractivity contribution >= 4 is 97.8 Å². The van der Waals surface area contributed by atoms with Gasteiger partial charge in [-0.2, -0.15) is 0 Å². The van der Waals surface area contributed by atoms with E-state index >= 15 is 14.4 Å². The third-order valence-corrected chi connectivity index (χ3v) is 16.1. The van der Waals surface area contributed by atoms with Gasteiger partial charge in [-0.05, 0) is 99.1 Å². The number of nitrogens with zero attached hydrogens (tertiary/aromatic N) is 3. The molecule has 94 heavy (non-hydrogen) atoms. The van der Waals surface area contributed by atoms with Crippen molar-refractivity contribution in [3.63, 3.8) is 0 Å². The summed E-state index contributed by atoms with van der Waals surface area (Å²) in [6.45, 7) is 2.79. The van der Waals surface area contributed by atoms with Gasteiger partial charge in [0.15, 0.2) is 17.9 Å². The van der Waals surface area contributed by atoms with Gasteiger partial charge in [0.05, 0.1) is 6.04 Å². The number of H-pyrrole nitrogens is 3. The molecule has 0 spiro atoms. The van der Waals surface area contributed by atoms with Crippen LogP contribution in [0, 0.1) is 0 Å². The number of amides is 8. The van der Waals surface area contributed by atoms with Gasteiger partial charge in [-0.3, -0.25) is 53.3 Å². The Balaban J connectivity index is 1.28. The second-order valence-electron chi connectivity index (χ2n) is 23.4. The number of rotatable bonds is 42. The number of hydrogen-bond donors (Lipinski definition) is 18. The normalized spacial score (nSPS) is 13.4. The van der Waals surface area contributed by atoms with E-state index in [1.54, 1.807) is 18.6 Å². The number of guanidine groups is 3. The lowest BCUT2D eigenvalue weighted by Gasteiger charge is -2.28. The van der Waals surface area contributed by atoms with Crippen LogP contribution in [0.1, 0.15) is 120 Å². The summed E-state index contributed by atoms with van der Waals surface area (Å²) in [5.74, 6) is -6.03. The number of nitrogens with one attached hydrogen (secondary N) is 10. The topological polar surface area (TPSA) is 513 Å². The fourth-order valence-electron chi connectivity index (χ4n) is 11.0. The number of carbonyl (C=O) groups excluding carboxylic acids is 8. The second kappa shape index (κ2) is 38.0. The summed E-state index contributed by atoms with van der Waals surface area (Å²) < 4.78 is 0. The van der Waals surface area contributed by atoms with E-state index in [9.17, 15) is 24.0 Å². The molecule has 508 valence electrons. The Morgan fingerprint density at radius 2 is 0.755 bits per heavy atom. The fourth-order valence-corrected chi connectivity index (χ4v) is 11.0. The molecule has 3 aromatic carbocycles. The van der Waals surface area contributed by atoms with Crippen LogP contribution >= 0.6 is 0 Å². The molecule has 0 fully saturated rings. The van der Waals surface area contributed by atoms with E-state index in [2.05, 4.69) is 74.1 Å². The van der Waals surface area contributed by atoms with E-state index in [1.807, 2.05) is 72.8 Å². The summed E-state index contributed by atoms with van der Waals surface area (Å²) in [5.41, 5.74) is 50.1. The van der Waals surface area contributed by atoms with Crippen LogP contribution in [-0.4, -0.2) is 149 Å². The second-order valence-corrected chi connectivity index (χ2v) is 23.4. The Morgan fingerprint density at radius 3 is 1.16 bits per heavy atom. The van der Waals surface area contributed by atoms with E-state index in [0.717, 1.165) is 64.8 Å². The number of nitrogens with two attached hydrogens (primary N) is 8. The van der Waals surface area contributed by atoms with Crippen LogP contribution in [0.3, 0.4) is 0 Å². The van der Waals surface area contributed by atoms with Gasteiger partial charge in [-0.1, -0.05) is 87.2 Å². The Kier molecular flexibility index (Phi) is 29.4. The minimum Gasteiger partial charge on any atom is -0.370 e. The van der Waals surface area contributed by atoms with Crippen LogP contribution in [0.4, 0.5) is 0 Å². The summed E-state index contributed by atoms with van der Waals surface area (Å²) in [6.07, 6.45) is 12.1. The molecule has 0 saturated carbocycles. The number of aromatic amines is 3. The monoisotopic (exact) mass is 1300 g/mol. The predicted molar refractivity (Wildman–Crippen MR) is 365 cm³/mol. The zero-order chi connectivity index (χ0) is 67.9. The minimum atomic E-state index is -1.46. The van der Waals surface area contributed by atoms with Gasteiger partial charge in [-0.15, -0.1) is 0 Å². The van der Waals surface area contributed by atoms with Crippen LogP contribution < -0.4 is 83.1 Å². The Bertz CT molecular complexity index is 3560. The van der Waals surface area contributed by atoms with Crippen molar-refractivity contribution in [2.75, 3.05) is 26.2 Å². The quantitative estimate of drug-likeness (QED) is 0.0142. The maximum absolute atomic E-state index is 15.2. The smallest absolute Gasteiger partial charge is 0.243 e. The van der Waals surface area contributed by atoms with E-state index in [0.29, 0.717) is 48.9 Å². The fraction of sp³-hybridized carbons (Fsp3) is 0.462. The van der Waals surface area contributed by atoms with E-state index in [-0.39, 0.29) is 101 Å². The van der Waals surface area contributed by atoms with Gasteiger partial charge in [-0.25, -0.2) is 0 Å². The zero-order valence-electron chi connectivity index (χ0n) is 53.5. The van der Waals surface area contributed by atoms with Crippen molar-refractivity contribution in [1.29, 1.82) is 0 Å². The molecule has 0 radical (unpaired) electrons. The molecule has 0 aliphatic heterocycles. The average molecular weight is 1300 g/mol. The highest BCUT2D eigenvalue weighted by molar-refractivity contribution is 5.99. The number of fused-ring (bicyclic) bond motifs is 3. The maximum atomic E-state index is 15.2. The lowest BCUT2D eigenvalue weighted by atomic mass is 10.0. The Morgan fingerprint density at radius 1 is 0.404 bits per heavy atom. The first-order valence-corrected chi connectivity index (χ1v) is 32.2. The molecule has 26 N–H and O–H groups in total. The number of benzene rings is 3. The molecule has 8 amide bonds. The lowest BCUT2D eigenvalue weighted by Crippen LogP contribution is -2.60. The predicted octanol–water partition coefficient (Wildman–Crippen LogP) is 0.688. The molecular weight excluding hydrogens is 1200 g/mol. The molecule has 0 unspecified atom stereocenters. The van der Waals surface area contributed by atoms with E-state index < -0.39 is 83.6 Å². The molecule has 3 heterocycles. The van der Waals surface area contributed by atoms with Crippen molar-refractivity contribution in [2.45, 2.75) is 165 Å². The molecule has 0 aliphatic rings. The lowest BCUT2D eigenvalue weighted by molar-refractivity contribution is -0.135. The number of aliphatic imine (C=N–C) groups is 3. The number of para-hydroxylation sites is 3. The standard InChI is InChI=1S/C65H95N21O8/c1-2-3-4-5-6-28-55(87)74-29-14-13-25-49(56(67)88)81-60(92)53(34-40-37-79-47-23-11-8-19-43(40)47)85-58(90)51(27-17-32-77-65(72)73)83-62(94)54(35-41-38-80-48-24-12-9-20-44(41)48)86-59(91)50(26-16-31-76-64(70)71)82-61(93)52(33-39-36-78-46-22-10-7-18-42(39)46)84-57(89)45(66)21-15-30-75-63(68)69/h7-12,18-20,22-24,36-38,45,49-54,78-80H,2-6,13-17,21,25-35,66H2,1H3,(H2,67,88)(H,74,87)(H,81,92)(H,82,93)(H,83,94)(H,84,89)(H,85,90)(H,86,91)(H4,68,69,75)(H4,70,71,76)(H4,72,73,77)/t45-,49+,50+,51-,52+,53+,54+/m1/s1. The van der Waals surface area contributed by atoms with Gasteiger partial charge < -0.3 is 98.0 Å². The van der Waals surface area contributed by atoms with Crippen LogP contribution in [0.5, 0.6) is 0 Å². The molecule has 6 rings (SSSR count). The third-order valence-electron chi connectivity index (χ3n) is 16.1. The molecule has 7 atom stereocenters. The summed E-state index contributed by atoms with van der Waals surface area (Å²) in [7, 11) is 0. The van der Waals surface area contributed by atoms with Crippen LogP contribution in [-0.2, 0) is 57.6 Å². The number of primary amides is 1. The van der Waals surface area contributed by atoms with Gasteiger partial charge in [0.2, 0.25) is 47.3 Å². The van der Waals surface area contributed by atoms with Crippen molar-refractivity contribution in [3.8, 4) is 0 Å². The number of hydrogen-bond acceptors (Lipinski definition) is 12. The highest BCUT2D eigenvalue weighted by atomic mass is 16.2. The average Bonchev–Trinajstić information content (AvgIpc) is 1.67. The van der Waals surface area contributed by atoms with Crippen molar-refractivity contribution < 1.29 is 38.4 Å². The first-order valence-electron chi connectivity index (χ1n) is 32.2. The maximum Gasteiger partial charge on any atom is 0.243 e. The molecule has 0 aliphatic carbocycles. The Hall–Kier alpha value is -10.2. The molecule has 29 heteroatoms. The molecule has 0 saturated heterocycles. The highest BCUT2D eigenvalue weighted by Gasteiger charge is 2.35. The SMILES string of the molecule is CCCCCCCC(=O)NCCCC[C@H](NC(=O)[C@H](Cc1c[nH]c2ccccc12)NC(=O)[C@@H](CCCN=C(N)N)NC(=O)[C@H](Cc1c[nH]c2ccccc12)NC(=O)[C@H](CCCN=C(N)N)NC(=O)[C@H](Cc1c[nH]c2ccccc12)NC(=O)[C@H](N)CCCN=C(N)N)C(N)=O. The van der Waals surface area contributed by atoms with Gasteiger partial charge in [0, 0.05) is 103 Å². The first kappa shape index (κ1) is 72.9. The molecule has 0 bridgehead atoms. The van der Waals surface area contributed by atoms with E-state index in [1.165, 1.54) is 0 Å². The largest absolute Gasteiger partial charge is 0.370 e. The zero-order valence-corrected chi connectivity index (χ0v) is 53.5. The molecule has 3 aromatic heterocycles. The summed E-state index contributed by atoms with van der Waals surface area (Å²) in [4.78, 5) is 136. The van der Waals surface area contributed by atoms with Gasteiger partial charge >= 0.3 is 0 Å².